The highest BCUT2D eigenvalue weighted by Gasteiger charge is 2.01. The lowest BCUT2D eigenvalue weighted by Crippen LogP contribution is -2.06. The van der Waals surface area contributed by atoms with E-state index < -0.39 is 0 Å². The summed E-state index contributed by atoms with van der Waals surface area (Å²) in [6.07, 6.45) is 7.41. The standard InChI is InChI=1S/C23H18N2S.C15H14N2S/c26-23(25-22-14-6-10-18-8-2-4-12-20(18)22)15-16-24-21-13-5-9-17-7-1-3-11-19(17)21;18-15(17-14-9-5-2-6-10-14)11-12-16-13-7-3-1-4-8-13/h1-16,24H,(H,25,26);1-12,16H,(H,17,18). The third kappa shape index (κ3) is 8.85. The van der Waals surface area contributed by atoms with Gasteiger partial charge < -0.3 is 21.3 Å². The highest BCUT2D eigenvalue weighted by atomic mass is 32.1. The van der Waals surface area contributed by atoms with E-state index in [4.69, 9.17) is 24.4 Å². The van der Waals surface area contributed by atoms with Crippen molar-refractivity contribution in [3.8, 4) is 0 Å². The van der Waals surface area contributed by atoms with Crippen LogP contribution in [0.1, 0.15) is 0 Å². The highest BCUT2D eigenvalue weighted by molar-refractivity contribution is 7.81. The molecule has 6 aromatic carbocycles. The monoisotopic (exact) mass is 608 g/mol. The van der Waals surface area contributed by atoms with E-state index >= 15 is 0 Å². The van der Waals surface area contributed by atoms with Crippen LogP contribution in [0.25, 0.3) is 21.5 Å². The summed E-state index contributed by atoms with van der Waals surface area (Å²) in [4.78, 5) is 1.33. The minimum absolute atomic E-state index is 0.661. The van der Waals surface area contributed by atoms with Crippen LogP contribution >= 0.6 is 24.4 Å². The van der Waals surface area contributed by atoms with Crippen LogP contribution in [0.15, 0.2) is 170 Å². The third-order valence-electron chi connectivity index (χ3n) is 6.61. The van der Waals surface area contributed by atoms with E-state index in [0.717, 1.165) is 28.1 Å². The molecule has 6 aromatic rings. The number of thiocarbonyl (C=S) groups is 2. The molecule has 0 fully saturated rings. The van der Waals surface area contributed by atoms with E-state index in [-0.39, 0.29) is 0 Å². The van der Waals surface area contributed by atoms with E-state index in [1.54, 1.807) is 0 Å². The average Bonchev–Trinajstić information content (AvgIpc) is 3.06. The number of anilines is 4. The summed E-state index contributed by atoms with van der Waals surface area (Å²) in [5, 5.41) is 17.7. The van der Waals surface area contributed by atoms with Gasteiger partial charge in [-0.25, -0.2) is 0 Å². The number of hydrogen-bond donors (Lipinski definition) is 4. The van der Waals surface area contributed by atoms with Gasteiger partial charge in [-0.3, -0.25) is 0 Å². The molecule has 6 heteroatoms. The first-order valence-corrected chi connectivity index (χ1v) is 15.0. The molecule has 0 heterocycles. The Morgan fingerprint density at radius 3 is 1.50 bits per heavy atom. The number of para-hydroxylation sites is 2. The van der Waals surface area contributed by atoms with Gasteiger partial charge in [0.2, 0.25) is 0 Å². The third-order valence-corrected chi connectivity index (χ3v) is 7.09. The number of nitrogens with one attached hydrogen (secondary N) is 4. The van der Waals surface area contributed by atoms with Crippen molar-refractivity contribution in [1.82, 2.24) is 0 Å². The van der Waals surface area contributed by atoms with E-state index in [9.17, 15) is 0 Å². The molecule has 0 atom stereocenters. The van der Waals surface area contributed by atoms with Crippen LogP contribution in [-0.2, 0) is 0 Å². The first kappa shape index (κ1) is 30.2. The average molecular weight is 609 g/mol. The van der Waals surface area contributed by atoms with Gasteiger partial charge in [-0.1, -0.05) is 134 Å². The van der Waals surface area contributed by atoms with Gasteiger partial charge in [0.15, 0.2) is 0 Å². The van der Waals surface area contributed by atoms with Crippen molar-refractivity contribution in [2.45, 2.75) is 0 Å². The van der Waals surface area contributed by atoms with Crippen LogP contribution in [0, 0.1) is 0 Å². The molecule has 44 heavy (non-hydrogen) atoms. The summed E-state index contributed by atoms with van der Waals surface area (Å²) in [7, 11) is 0. The summed E-state index contributed by atoms with van der Waals surface area (Å²) in [6.45, 7) is 0. The van der Waals surface area contributed by atoms with Crippen LogP contribution in [-0.4, -0.2) is 9.98 Å². The lowest BCUT2D eigenvalue weighted by Gasteiger charge is -2.09. The lowest BCUT2D eigenvalue weighted by atomic mass is 10.1. The summed E-state index contributed by atoms with van der Waals surface area (Å²) in [5.41, 5.74) is 4.11. The molecule has 0 aliphatic rings. The molecule has 4 N–H and O–H groups in total. The van der Waals surface area contributed by atoms with Gasteiger partial charge in [0.25, 0.3) is 0 Å². The number of rotatable bonds is 8. The van der Waals surface area contributed by atoms with E-state index in [2.05, 4.69) is 63.7 Å². The second kappa shape index (κ2) is 15.8. The minimum atomic E-state index is 0.661. The molecule has 0 aromatic heterocycles. The Balaban J connectivity index is 0.000000187. The Morgan fingerprint density at radius 2 is 0.864 bits per heavy atom. The molecule has 0 bridgehead atoms. The first-order valence-electron chi connectivity index (χ1n) is 14.2. The molecule has 0 spiro atoms. The van der Waals surface area contributed by atoms with Crippen LogP contribution in [0.2, 0.25) is 0 Å². The maximum absolute atomic E-state index is 5.47. The van der Waals surface area contributed by atoms with Crippen LogP contribution in [0.3, 0.4) is 0 Å². The zero-order chi connectivity index (χ0) is 30.4. The Bertz CT molecular complexity index is 1890. The van der Waals surface area contributed by atoms with Gasteiger partial charge >= 0.3 is 0 Å². The number of benzene rings is 6. The highest BCUT2D eigenvalue weighted by Crippen LogP contribution is 2.24. The topological polar surface area (TPSA) is 48.1 Å². The van der Waals surface area contributed by atoms with E-state index in [1.165, 1.54) is 16.2 Å². The Labute approximate surface area is 269 Å². The predicted octanol–water partition coefficient (Wildman–Crippen LogP) is 10.4. The smallest absolute Gasteiger partial charge is 0.105 e. The largest absolute Gasteiger partial charge is 0.362 e. The van der Waals surface area contributed by atoms with Gasteiger partial charge in [-0.15, -0.1) is 0 Å². The molecule has 0 saturated heterocycles. The van der Waals surface area contributed by atoms with E-state index in [1.807, 2.05) is 128 Å². The van der Waals surface area contributed by atoms with Crippen molar-refractivity contribution in [2.24, 2.45) is 0 Å². The van der Waals surface area contributed by atoms with Crippen molar-refractivity contribution in [1.29, 1.82) is 0 Å². The second-order valence-corrected chi connectivity index (χ2v) is 10.6. The fraction of sp³-hybridized carbons (Fsp3) is 0. The van der Waals surface area contributed by atoms with Gasteiger partial charge in [-0.2, -0.15) is 0 Å². The molecular formula is C38H32N4S2. The summed E-state index contributed by atoms with van der Waals surface area (Å²) >= 11 is 10.7. The Kier molecular flexibility index (Phi) is 10.8. The fourth-order valence-corrected chi connectivity index (χ4v) is 4.88. The van der Waals surface area contributed by atoms with Crippen molar-refractivity contribution >= 4 is 78.7 Å². The van der Waals surface area contributed by atoms with Gasteiger partial charge in [-0.05, 0) is 59.3 Å². The maximum Gasteiger partial charge on any atom is 0.105 e. The Hall–Kier alpha value is -5.30. The summed E-state index contributed by atoms with van der Waals surface area (Å²) in [5.74, 6) is 0. The molecule has 0 unspecified atom stereocenters. The second-order valence-electron chi connectivity index (χ2n) is 9.72. The van der Waals surface area contributed by atoms with Crippen molar-refractivity contribution in [2.75, 3.05) is 21.3 Å². The first-order chi connectivity index (χ1) is 21.7. The van der Waals surface area contributed by atoms with Crippen LogP contribution < -0.4 is 21.3 Å². The zero-order valence-corrected chi connectivity index (χ0v) is 25.6. The molecule has 0 saturated carbocycles. The predicted molar refractivity (Wildman–Crippen MR) is 199 cm³/mol. The van der Waals surface area contributed by atoms with Gasteiger partial charge in [0, 0.05) is 45.9 Å². The zero-order valence-electron chi connectivity index (χ0n) is 24.0. The van der Waals surface area contributed by atoms with E-state index in [0.29, 0.717) is 9.98 Å². The molecule has 0 aliphatic heterocycles. The SMILES string of the molecule is S=C(C=CNc1cccc2ccccc12)Nc1cccc2ccccc12.S=C(C=CNc1ccccc1)Nc1ccccc1. The lowest BCUT2D eigenvalue weighted by molar-refractivity contribution is 1.58. The molecule has 0 radical (unpaired) electrons. The van der Waals surface area contributed by atoms with Crippen LogP contribution in [0.4, 0.5) is 22.7 Å². The molecule has 0 amide bonds. The number of fused-ring (bicyclic) bond motifs is 2. The molecule has 4 nitrogen and oxygen atoms in total. The minimum Gasteiger partial charge on any atom is -0.362 e. The van der Waals surface area contributed by atoms with Crippen molar-refractivity contribution in [3.05, 3.63) is 170 Å². The number of hydrogen-bond acceptors (Lipinski definition) is 4. The molecule has 216 valence electrons. The van der Waals surface area contributed by atoms with Gasteiger partial charge in [0.05, 0.1) is 0 Å². The normalized spacial score (nSPS) is 10.7. The summed E-state index contributed by atoms with van der Waals surface area (Å²) in [6, 6.07) is 48.8. The summed E-state index contributed by atoms with van der Waals surface area (Å²) < 4.78 is 0. The van der Waals surface area contributed by atoms with Crippen molar-refractivity contribution in [3.63, 3.8) is 0 Å². The van der Waals surface area contributed by atoms with Gasteiger partial charge in [0.1, 0.15) is 9.98 Å². The maximum atomic E-state index is 5.47. The Morgan fingerprint density at radius 1 is 0.409 bits per heavy atom. The molecule has 6 rings (SSSR count). The fourth-order valence-electron chi connectivity index (χ4n) is 4.52. The van der Waals surface area contributed by atoms with Crippen LogP contribution in [0.5, 0.6) is 0 Å². The quantitative estimate of drug-likeness (QED) is 0.102. The molecular weight excluding hydrogens is 577 g/mol. The molecule has 0 aliphatic carbocycles. The van der Waals surface area contributed by atoms with Crippen molar-refractivity contribution < 1.29 is 0 Å².